The van der Waals surface area contributed by atoms with Gasteiger partial charge in [-0.25, -0.2) is 4.79 Å². The highest BCUT2D eigenvalue weighted by Crippen LogP contribution is 2.32. The molecule has 2 fully saturated rings. The van der Waals surface area contributed by atoms with Gasteiger partial charge >= 0.3 is 5.97 Å². The summed E-state index contributed by atoms with van der Waals surface area (Å²) in [4.78, 5) is 22.3. The number of carboxylic acid groups (broad SMARTS) is 1. The third kappa shape index (κ3) is 3.17. The van der Waals surface area contributed by atoms with Gasteiger partial charge in [-0.15, -0.1) is 0 Å². The van der Waals surface area contributed by atoms with Crippen LogP contribution >= 0.6 is 0 Å². The van der Waals surface area contributed by atoms with Crippen LogP contribution in [-0.4, -0.2) is 46.9 Å². The molecule has 0 aromatic heterocycles. The quantitative estimate of drug-likeness (QED) is 0.605. The average molecular weight is 243 g/mol. The number of aliphatic hydroxyl groups is 1. The van der Waals surface area contributed by atoms with Crippen molar-refractivity contribution >= 4 is 11.9 Å². The van der Waals surface area contributed by atoms with Crippen molar-refractivity contribution in [3.63, 3.8) is 0 Å². The molecule has 1 heterocycles. The number of rotatable bonds is 5. The second-order valence-electron chi connectivity index (χ2n) is 4.68. The Morgan fingerprint density at radius 3 is 2.41 bits per heavy atom. The van der Waals surface area contributed by atoms with Crippen molar-refractivity contribution in [2.75, 3.05) is 6.54 Å². The maximum absolute atomic E-state index is 11.6. The van der Waals surface area contributed by atoms with E-state index < -0.39 is 24.3 Å². The predicted molar refractivity (Wildman–Crippen MR) is 57.3 cm³/mol. The third-order valence-corrected chi connectivity index (χ3v) is 3.24. The SMILES string of the molecule is O=C(NCC(O)C1CC1)[C@@H]1CC[C@H](C(=O)O)O1. The van der Waals surface area contributed by atoms with Gasteiger partial charge < -0.3 is 20.3 Å². The van der Waals surface area contributed by atoms with Crippen LogP contribution < -0.4 is 5.32 Å². The summed E-state index contributed by atoms with van der Waals surface area (Å²) in [5, 5.41) is 20.9. The van der Waals surface area contributed by atoms with E-state index in [4.69, 9.17) is 9.84 Å². The van der Waals surface area contributed by atoms with E-state index in [1.165, 1.54) is 0 Å². The molecule has 1 aliphatic carbocycles. The monoisotopic (exact) mass is 243 g/mol. The fraction of sp³-hybridized carbons (Fsp3) is 0.818. The Kier molecular flexibility index (Phi) is 3.63. The number of carbonyl (C=O) groups is 2. The molecule has 0 bridgehead atoms. The highest BCUT2D eigenvalue weighted by Gasteiger charge is 2.35. The molecule has 1 unspecified atom stereocenters. The molecule has 6 heteroatoms. The normalized spacial score (nSPS) is 29.9. The van der Waals surface area contributed by atoms with Crippen molar-refractivity contribution in [1.82, 2.24) is 5.32 Å². The zero-order chi connectivity index (χ0) is 12.4. The van der Waals surface area contributed by atoms with E-state index in [9.17, 15) is 14.7 Å². The molecule has 6 nitrogen and oxygen atoms in total. The summed E-state index contributed by atoms with van der Waals surface area (Å²) in [6.07, 6.45) is 0.744. The maximum atomic E-state index is 11.6. The first-order valence-electron chi connectivity index (χ1n) is 5.92. The maximum Gasteiger partial charge on any atom is 0.332 e. The molecule has 2 rings (SSSR count). The molecular weight excluding hydrogens is 226 g/mol. The number of nitrogens with one attached hydrogen (secondary N) is 1. The van der Waals surface area contributed by atoms with Gasteiger partial charge in [-0.3, -0.25) is 4.79 Å². The molecule has 17 heavy (non-hydrogen) atoms. The third-order valence-electron chi connectivity index (χ3n) is 3.24. The van der Waals surface area contributed by atoms with E-state index in [0.717, 1.165) is 12.8 Å². The van der Waals surface area contributed by atoms with Crippen LogP contribution in [0.3, 0.4) is 0 Å². The highest BCUT2D eigenvalue weighted by molar-refractivity contribution is 5.82. The molecule has 0 radical (unpaired) electrons. The number of aliphatic carboxylic acids is 1. The minimum absolute atomic E-state index is 0.223. The van der Waals surface area contributed by atoms with Gasteiger partial charge in [-0.2, -0.15) is 0 Å². The van der Waals surface area contributed by atoms with Gasteiger partial charge in [0.2, 0.25) is 5.91 Å². The summed E-state index contributed by atoms with van der Waals surface area (Å²) in [5.41, 5.74) is 0. The lowest BCUT2D eigenvalue weighted by molar-refractivity contribution is -0.151. The Morgan fingerprint density at radius 2 is 1.88 bits per heavy atom. The van der Waals surface area contributed by atoms with Crippen molar-refractivity contribution in [1.29, 1.82) is 0 Å². The minimum Gasteiger partial charge on any atom is -0.479 e. The van der Waals surface area contributed by atoms with Crippen molar-refractivity contribution in [3.8, 4) is 0 Å². The first kappa shape index (κ1) is 12.3. The number of hydrogen-bond donors (Lipinski definition) is 3. The standard InChI is InChI=1S/C11H17NO5/c13-7(6-1-2-6)5-12-10(14)8-3-4-9(17-8)11(15)16/h6-9,13H,1-5H2,(H,12,14)(H,15,16)/t7?,8-,9+/m0/s1. The van der Waals surface area contributed by atoms with Gasteiger partial charge in [-0.05, 0) is 31.6 Å². The first-order valence-corrected chi connectivity index (χ1v) is 5.92. The van der Waals surface area contributed by atoms with Gasteiger partial charge in [0.25, 0.3) is 0 Å². The molecule has 0 aromatic rings. The average Bonchev–Trinajstić information content (AvgIpc) is 3.02. The Morgan fingerprint density at radius 1 is 1.24 bits per heavy atom. The second-order valence-corrected chi connectivity index (χ2v) is 4.68. The lowest BCUT2D eigenvalue weighted by Gasteiger charge is -2.14. The Bertz CT molecular complexity index is 315. The molecule has 0 spiro atoms. The van der Waals surface area contributed by atoms with E-state index in [0.29, 0.717) is 18.8 Å². The van der Waals surface area contributed by atoms with E-state index in [1.807, 2.05) is 0 Å². The molecule has 1 aliphatic heterocycles. The number of amides is 1. The molecule has 2 aliphatic rings. The molecule has 1 saturated carbocycles. The smallest absolute Gasteiger partial charge is 0.332 e. The Balaban J connectivity index is 1.71. The van der Waals surface area contributed by atoms with Gasteiger partial charge in [0.05, 0.1) is 6.10 Å². The molecule has 3 atom stereocenters. The van der Waals surface area contributed by atoms with Crippen molar-refractivity contribution in [2.24, 2.45) is 5.92 Å². The Labute approximate surface area is 99.0 Å². The molecule has 96 valence electrons. The van der Waals surface area contributed by atoms with E-state index in [2.05, 4.69) is 5.32 Å². The van der Waals surface area contributed by atoms with Crippen LogP contribution in [0.15, 0.2) is 0 Å². The fourth-order valence-electron chi connectivity index (χ4n) is 1.98. The van der Waals surface area contributed by atoms with Crippen LogP contribution in [-0.2, 0) is 14.3 Å². The van der Waals surface area contributed by atoms with Crippen LogP contribution in [0.1, 0.15) is 25.7 Å². The van der Waals surface area contributed by atoms with Crippen LogP contribution in [0.4, 0.5) is 0 Å². The molecule has 0 aromatic carbocycles. The number of aliphatic hydroxyl groups excluding tert-OH is 1. The van der Waals surface area contributed by atoms with E-state index in [1.54, 1.807) is 0 Å². The molecule has 1 amide bonds. The summed E-state index contributed by atoms with van der Waals surface area (Å²) < 4.78 is 5.10. The molecular formula is C11H17NO5. The van der Waals surface area contributed by atoms with Gasteiger partial charge in [0, 0.05) is 6.54 Å². The van der Waals surface area contributed by atoms with Crippen molar-refractivity contribution in [2.45, 2.75) is 44.0 Å². The summed E-state index contributed by atoms with van der Waals surface area (Å²) in [7, 11) is 0. The first-order chi connectivity index (χ1) is 8.08. The van der Waals surface area contributed by atoms with Gasteiger partial charge in [0.1, 0.15) is 6.10 Å². The number of hydrogen-bond acceptors (Lipinski definition) is 4. The summed E-state index contributed by atoms with van der Waals surface area (Å²) in [5.74, 6) is -1.04. The highest BCUT2D eigenvalue weighted by atomic mass is 16.5. The van der Waals surface area contributed by atoms with Crippen LogP contribution in [0.25, 0.3) is 0 Å². The van der Waals surface area contributed by atoms with Crippen LogP contribution in [0.2, 0.25) is 0 Å². The zero-order valence-corrected chi connectivity index (χ0v) is 9.46. The topological polar surface area (TPSA) is 95.9 Å². The van der Waals surface area contributed by atoms with Crippen molar-refractivity contribution < 1.29 is 24.5 Å². The predicted octanol–water partition coefficient (Wildman–Crippen LogP) is -0.494. The lowest BCUT2D eigenvalue weighted by atomic mass is 10.2. The minimum atomic E-state index is -1.03. The van der Waals surface area contributed by atoms with Gasteiger partial charge in [-0.1, -0.05) is 0 Å². The Hall–Kier alpha value is -1.14. The summed E-state index contributed by atoms with van der Waals surface area (Å²) >= 11 is 0. The van der Waals surface area contributed by atoms with E-state index in [-0.39, 0.29) is 12.5 Å². The second kappa shape index (κ2) is 5.01. The lowest BCUT2D eigenvalue weighted by Crippen LogP contribution is -2.40. The van der Waals surface area contributed by atoms with Gasteiger partial charge in [0.15, 0.2) is 6.10 Å². The fourth-order valence-corrected chi connectivity index (χ4v) is 1.98. The van der Waals surface area contributed by atoms with Crippen LogP contribution in [0.5, 0.6) is 0 Å². The van der Waals surface area contributed by atoms with E-state index >= 15 is 0 Å². The molecule has 3 N–H and O–H groups in total. The number of carbonyl (C=O) groups excluding carboxylic acids is 1. The summed E-state index contributed by atoms with van der Waals surface area (Å²) in [6.45, 7) is 0.223. The number of carboxylic acids is 1. The molecule has 1 saturated heterocycles. The zero-order valence-electron chi connectivity index (χ0n) is 9.46. The number of ether oxygens (including phenoxy) is 1. The summed E-state index contributed by atoms with van der Waals surface area (Å²) in [6, 6.07) is 0. The largest absolute Gasteiger partial charge is 0.479 e. The van der Waals surface area contributed by atoms with Crippen LogP contribution in [0, 0.1) is 5.92 Å². The van der Waals surface area contributed by atoms with Crippen molar-refractivity contribution in [3.05, 3.63) is 0 Å².